The molecule has 1 amide bonds. The van der Waals surface area contributed by atoms with Crippen molar-refractivity contribution >= 4 is 35.1 Å². The van der Waals surface area contributed by atoms with E-state index in [2.05, 4.69) is 10.3 Å². The smallest absolute Gasteiger partial charge is 0.248 e. The molecule has 0 atom stereocenters. The zero-order valence-corrected chi connectivity index (χ0v) is 12.9. The van der Waals surface area contributed by atoms with E-state index in [0.29, 0.717) is 11.3 Å². The molecule has 0 aliphatic heterocycles. The maximum Gasteiger partial charge on any atom is 0.248 e. The number of carbonyl (C=O) groups is 1. The lowest BCUT2D eigenvalue weighted by Crippen LogP contribution is -2.12. The Balaban J connectivity index is 2.00. The van der Waals surface area contributed by atoms with Crippen molar-refractivity contribution in [1.29, 1.82) is 0 Å². The maximum atomic E-state index is 13.0. The van der Waals surface area contributed by atoms with Gasteiger partial charge in [0.05, 0.1) is 16.9 Å². The van der Waals surface area contributed by atoms with Crippen molar-refractivity contribution in [3.05, 3.63) is 59.0 Å². The Kier molecular flexibility index (Phi) is 5.12. The van der Waals surface area contributed by atoms with Crippen molar-refractivity contribution in [2.45, 2.75) is 0 Å². The third kappa shape index (κ3) is 4.30. The highest BCUT2D eigenvalue weighted by molar-refractivity contribution is 6.30. The van der Waals surface area contributed by atoms with Crippen molar-refractivity contribution in [1.82, 2.24) is 4.98 Å². The summed E-state index contributed by atoms with van der Waals surface area (Å²) in [6.45, 7) is 0. The number of aromatic nitrogens is 1. The highest BCUT2D eigenvalue weighted by atomic mass is 35.5. The minimum absolute atomic E-state index is 0.0195. The molecule has 6 heteroatoms. The Morgan fingerprint density at radius 1 is 1.32 bits per heavy atom. The molecule has 0 aliphatic carbocycles. The van der Waals surface area contributed by atoms with Crippen molar-refractivity contribution in [2.75, 3.05) is 24.3 Å². The number of nitrogens with zero attached hydrogens (tertiary/aromatic N) is 2. The lowest BCUT2D eigenvalue weighted by Gasteiger charge is -2.11. The molecular formula is C16H15ClFN3O. The second-order valence-corrected chi connectivity index (χ2v) is 5.20. The summed E-state index contributed by atoms with van der Waals surface area (Å²) in [5.74, 6) is 0.00432. The quantitative estimate of drug-likeness (QED) is 0.876. The molecule has 22 heavy (non-hydrogen) atoms. The second-order valence-electron chi connectivity index (χ2n) is 4.80. The van der Waals surface area contributed by atoms with Gasteiger partial charge in [-0.3, -0.25) is 4.79 Å². The number of nitrogens with one attached hydrogen (secondary N) is 1. The highest BCUT2D eigenvalue weighted by Crippen LogP contribution is 2.17. The van der Waals surface area contributed by atoms with Crippen LogP contribution in [0.15, 0.2) is 42.6 Å². The van der Waals surface area contributed by atoms with Crippen molar-refractivity contribution in [3.63, 3.8) is 0 Å². The number of hydrogen-bond donors (Lipinski definition) is 1. The van der Waals surface area contributed by atoms with Gasteiger partial charge in [0.15, 0.2) is 0 Å². The van der Waals surface area contributed by atoms with Crippen LogP contribution < -0.4 is 10.2 Å². The molecule has 2 rings (SSSR count). The summed E-state index contributed by atoms with van der Waals surface area (Å²) < 4.78 is 13.0. The van der Waals surface area contributed by atoms with E-state index in [9.17, 15) is 9.18 Å². The van der Waals surface area contributed by atoms with Crippen LogP contribution in [0.5, 0.6) is 0 Å². The Hall–Kier alpha value is -2.40. The molecule has 0 spiro atoms. The standard InChI is InChI=1S/C16H15ClFN3O/c1-21(2)15-7-5-12(10-19-15)20-16(22)8-4-11-3-6-14(18)13(17)9-11/h3-10H,1-2H3,(H,20,22)/b8-4+. The fourth-order valence-corrected chi connectivity index (χ4v) is 1.89. The average Bonchev–Trinajstić information content (AvgIpc) is 2.49. The van der Waals surface area contributed by atoms with Crippen molar-refractivity contribution in [3.8, 4) is 0 Å². The van der Waals surface area contributed by atoms with Gasteiger partial charge in [0.1, 0.15) is 11.6 Å². The molecule has 1 heterocycles. The summed E-state index contributed by atoms with van der Waals surface area (Å²) in [5.41, 5.74) is 1.24. The minimum Gasteiger partial charge on any atom is -0.363 e. The zero-order chi connectivity index (χ0) is 16.1. The Morgan fingerprint density at radius 2 is 2.09 bits per heavy atom. The fourth-order valence-electron chi connectivity index (χ4n) is 1.70. The molecule has 2 aromatic rings. The molecule has 0 bridgehead atoms. The first-order valence-corrected chi connectivity index (χ1v) is 6.91. The van der Waals surface area contributed by atoms with E-state index in [-0.39, 0.29) is 10.9 Å². The fraction of sp³-hybridized carbons (Fsp3) is 0.125. The first-order chi connectivity index (χ1) is 10.5. The van der Waals surface area contributed by atoms with Crippen LogP contribution in [-0.4, -0.2) is 25.0 Å². The van der Waals surface area contributed by atoms with Gasteiger partial charge in [0.25, 0.3) is 0 Å². The van der Waals surface area contributed by atoms with E-state index in [1.807, 2.05) is 19.0 Å². The topological polar surface area (TPSA) is 45.2 Å². The van der Waals surface area contributed by atoms with E-state index in [1.54, 1.807) is 30.5 Å². The highest BCUT2D eigenvalue weighted by Gasteiger charge is 2.02. The van der Waals surface area contributed by atoms with Gasteiger partial charge in [-0.1, -0.05) is 17.7 Å². The minimum atomic E-state index is -0.490. The summed E-state index contributed by atoms with van der Waals surface area (Å²) >= 11 is 5.68. The molecule has 0 radical (unpaired) electrons. The molecule has 114 valence electrons. The van der Waals surface area contributed by atoms with Crippen LogP contribution in [0, 0.1) is 5.82 Å². The van der Waals surface area contributed by atoms with Gasteiger partial charge >= 0.3 is 0 Å². The van der Waals surface area contributed by atoms with Crippen molar-refractivity contribution < 1.29 is 9.18 Å². The molecule has 4 nitrogen and oxygen atoms in total. The predicted octanol–water partition coefficient (Wildman–Crippen LogP) is 3.59. The third-order valence-corrected chi connectivity index (χ3v) is 3.13. The van der Waals surface area contributed by atoms with Gasteiger partial charge in [-0.05, 0) is 35.9 Å². The molecule has 1 aromatic carbocycles. The molecule has 0 aliphatic rings. The van der Waals surface area contributed by atoms with Crippen LogP contribution in [-0.2, 0) is 4.79 Å². The van der Waals surface area contributed by atoms with Gasteiger partial charge in [-0.25, -0.2) is 9.37 Å². The summed E-state index contributed by atoms with van der Waals surface area (Å²) in [6, 6.07) is 7.82. The van der Waals surface area contributed by atoms with Crippen LogP contribution in [0.3, 0.4) is 0 Å². The van der Waals surface area contributed by atoms with Gasteiger partial charge in [-0.2, -0.15) is 0 Å². The van der Waals surface area contributed by atoms with E-state index in [4.69, 9.17) is 11.6 Å². The summed E-state index contributed by atoms with van der Waals surface area (Å²) in [4.78, 5) is 17.9. The summed E-state index contributed by atoms with van der Waals surface area (Å²) in [6.07, 6.45) is 4.49. The van der Waals surface area contributed by atoms with Gasteiger partial charge in [0.2, 0.25) is 5.91 Å². The SMILES string of the molecule is CN(C)c1ccc(NC(=O)/C=C/c2ccc(F)c(Cl)c2)cn1. The summed E-state index contributed by atoms with van der Waals surface area (Å²) in [7, 11) is 3.77. The predicted molar refractivity (Wildman–Crippen MR) is 87.6 cm³/mol. The Bertz CT molecular complexity index is 699. The molecule has 0 saturated heterocycles. The zero-order valence-electron chi connectivity index (χ0n) is 12.2. The number of pyridine rings is 1. The number of anilines is 2. The number of hydrogen-bond acceptors (Lipinski definition) is 3. The van der Waals surface area contributed by atoms with E-state index in [0.717, 1.165) is 5.82 Å². The number of amides is 1. The molecular weight excluding hydrogens is 305 g/mol. The van der Waals surface area contributed by atoms with Crippen LogP contribution in [0.1, 0.15) is 5.56 Å². The Labute approximate surface area is 133 Å². The van der Waals surface area contributed by atoms with Gasteiger partial charge in [0, 0.05) is 20.2 Å². The largest absolute Gasteiger partial charge is 0.363 e. The number of carbonyl (C=O) groups excluding carboxylic acids is 1. The first kappa shape index (κ1) is 16.0. The normalized spacial score (nSPS) is 10.7. The molecule has 0 saturated carbocycles. The van der Waals surface area contributed by atoms with Crippen LogP contribution in [0.4, 0.5) is 15.9 Å². The molecule has 1 aromatic heterocycles. The molecule has 1 N–H and O–H groups in total. The second kappa shape index (κ2) is 7.04. The lowest BCUT2D eigenvalue weighted by atomic mass is 10.2. The monoisotopic (exact) mass is 319 g/mol. The maximum absolute atomic E-state index is 13.0. The Morgan fingerprint density at radius 3 is 2.68 bits per heavy atom. The number of benzene rings is 1. The van der Waals surface area contributed by atoms with Crippen molar-refractivity contribution in [2.24, 2.45) is 0 Å². The number of halogens is 2. The van der Waals surface area contributed by atoms with E-state index in [1.165, 1.54) is 18.2 Å². The molecule has 0 unspecified atom stereocenters. The average molecular weight is 320 g/mol. The third-order valence-electron chi connectivity index (χ3n) is 2.84. The van der Waals surface area contributed by atoms with Crippen LogP contribution >= 0.6 is 11.6 Å². The van der Waals surface area contributed by atoms with E-state index >= 15 is 0 Å². The first-order valence-electron chi connectivity index (χ1n) is 6.53. The van der Waals surface area contributed by atoms with E-state index < -0.39 is 5.82 Å². The van der Waals surface area contributed by atoms with Crippen LogP contribution in [0.25, 0.3) is 6.08 Å². The lowest BCUT2D eigenvalue weighted by molar-refractivity contribution is -0.111. The molecule has 0 fully saturated rings. The van der Waals surface area contributed by atoms with Crippen LogP contribution in [0.2, 0.25) is 5.02 Å². The van der Waals surface area contributed by atoms with Gasteiger partial charge < -0.3 is 10.2 Å². The summed E-state index contributed by atoms with van der Waals surface area (Å²) in [5, 5.41) is 2.71. The number of rotatable bonds is 4. The van der Waals surface area contributed by atoms with Gasteiger partial charge in [-0.15, -0.1) is 0 Å².